The number of carbonyl (C=O) groups is 9. The summed E-state index contributed by atoms with van der Waals surface area (Å²) in [6.07, 6.45) is -3.40. The fourth-order valence-electron chi connectivity index (χ4n) is 5.12. The van der Waals surface area contributed by atoms with Gasteiger partial charge < -0.3 is 86.7 Å². The zero-order valence-corrected chi connectivity index (χ0v) is 33.6. The third kappa shape index (κ3) is 22.0. The van der Waals surface area contributed by atoms with Crippen molar-refractivity contribution in [3.05, 3.63) is 0 Å². The van der Waals surface area contributed by atoms with Crippen molar-refractivity contribution in [3.63, 3.8) is 0 Å². The molecule has 0 spiro atoms. The number of nitrogens with two attached hydrogens (primary N) is 6. The minimum absolute atomic E-state index is 0.0473. The van der Waals surface area contributed by atoms with Crippen LogP contribution in [0.15, 0.2) is 9.98 Å². The average Bonchev–Trinajstić information content (AvgIpc) is 3.13. The number of carbonyl (C=O) groups excluding carboxylic acids is 7. The molecular formula is C33H60N14O13. The second-order valence-electron chi connectivity index (χ2n) is 14.0. The first kappa shape index (κ1) is 53.6. The lowest BCUT2D eigenvalue weighted by Crippen LogP contribution is -2.61. The Bertz CT molecular complexity index is 1570. The van der Waals surface area contributed by atoms with Crippen molar-refractivity contribution in [2.45, 2.75) is 114 Å². The summed E-state index contributed by atoms with van der Waals surface area (Å²) in [5, 5.41) is 52.3. The average molecular weight is 861 g/mol. The molecule has 27 heteroatoms. The number of guanidine groups is 2. The lowest BCUT2D eigenvalue weighted by Gasteiger charge is -2.28. The van der Waals surface area contributed by atoms with Crippen molar-refractivity contribution < 1.29 is 63.6 Å². The van der Waals surface area contributed by atoms with Crippen molar-refractivity contribution in [3.8, 4) is 0 Å². The molecule has 0 saturated carbocycles. The van der Waals surface area contributed by atoms with Crippen molar-refractivity contribution in [1.29, 1.82) is 0 Å². The smallest absolute Gasteiger partial charge is 0.326 e. The zero-order chi connectivity index (χ0) is 46.3. The summed E-state index contributed by atoms with van der Waals surface area (Å²) >= 11 is 0. The molecule has 22 N–H and O–H groups in total. The standard InChI is InChI=1S/C33H60N14O13/c1-14(2)10-18(28(56)47-24(15(3)49)30(58)42-17(31(59)60)7-5-9-41-33(38)39)43-26(54)19(11-22(35)50)44-27(55)20(12-23(51)52)45-29(57)21(13-48)46-25(53)16(34)6-4-8-40-32(36)37/h14-21,24,48-49H,4-13,34H2,1-3H3,(H2,35,50)(H,42,58)(H,43,54)(H,44,55)(H,45,57)(H,46,53)(H,47,56)(H,51,52)(H,59,60)(H4,36,37,40)(H4,38,39,41)/t15-,16+,17+,18+,19+,20+,21+,24+/m1/s1. The number of carboxylic acid groups (broad SMARTS) is 2. The highest BCUT2D eigenvalue weighted by atomic mass is 16.4. The second-order valence-corrected chi connectivity index (χ2v) is 14.0. The topological polar surface area (TPSA) is 488 Å². The minimum Gasteiger partial charge on any atom is -0.481 e. The third-order valence-electron chi connectivity index (χ3n) is 8.13. The maximum atomic E-state index is 13.5. The monoisotopic (exact) mass is 860 g/mol. The summed E-state index contributed by atoms with van der Waals surface area (Å²) in [6, 6.07) is -11.5. The number of aliphatic hydroxyl groups excluding tert-OH is 2. The van der Waals surface area contributed by atoms with Crippen molar-refractivity contribution in [2.75, 3.05) is 19.7 Å². The number of rotatable bonds is 29. The van der Waals surface area contributed by atoms with Crippen LogP contribution in [0.4, 0.5) is 0 Å². The fraction of sp³-hybridized carbons (Fsp3) is 0.667. The van der Waals surface area contributed by atoms with Gasteiger partial charge >= 0.3 is 11.9 Å². The predicted octanol–water partition coefficient (Wildman–Crippen LogP) is -7.82. The molecule has 8 atom stereocenters. The van der Waals surface area contributed by atoms with Crippen molar-refractivity contribution in [1.82, 2.24) is 31.9 Å². The first-order valence-electron chi connectivity index (χ1n) is 18.6. The van der Waals surface area contributed by atoms with Crippen LogP contribution in [-0.4, -0.2) is 154 Å². The van der Waals surface area contributed by atoms with Gasteiger partial charge in [-0.1, -0.05) is 13.8 Å². The van der Waals surface area contributed by atoms with E-state index in [1.807, 2.05) is 0 Å². The number of aliphatic carboxylic acids is 2. The Morgan fingerprint density at radius 1 is 0.567 bits per heavy atom. The van der Waals surface area contributed by atoms with E-state index in [2.05, 4.69) is 41.9 Å². The molecule has 0 rings (SSSR count). The Balaban J connectivity index is 6.12. The van der Waals surface area contributed by atoms with Crippen molar-refractivity contribution in [2.24, 2.45) is 50.3 Å². The van der Waals surface area contributed by atoms with E-state index in [1.165, 1.54) is 0 Å². The van der Waals surface area contributed by atoms with Crippen LogP contribution in [0.1, 0.15) is 65.7 Å². The number of hydrogen-bond acceptors (Lipinski definition) is 14. The minimum atomic E-state index is -1.97. The van der Waals surface area contributed by atoms with Gasteiger partial charge in [-0.2, -0.15) is 0 Å². The molecule has 0 unspecified atom stereocenters. The molecule has 0 bridgehead atoms. The van der Waals surface area contributed by atoms with Gasteiger partial charge in [0, 0.05) is 13.1 Å². The van der Waals surface area contributed by atoms with E-state index in [4.69, 9.17) is 34.4 Å². The fourth-order valence-corrected chi connectivity index (χ4v) is 5.12. The highest BCUT2D eigenvalue weighted by molar-refractivity contribution is 5.99. The first-order chi connectivity index (χ1) is 27.9. The number of amides is 7. The first-order valence-corrected chi connectivity index (χ1v) is 18.6. The summed E-state index contributed by atoms with van der Waals surface area (Å²) in [7, 11) is 0. The van der Waals surface area contributed by atoms with Crippen molar-refractivity contribution >= 4 is 65.2 Å². The molecule has 0 aromatic rings. The molecule has 0 aromatic heterocycles. The van der Waals surface area contributed by atoms with E-state index >= 15 is 0 Å². The van der Waals surface area contributed by atoms with Gasteiger partial charge in [0.2, 0.25) is 41.4 Å². The molecule has 27 nitrogen and oxygen atoms in total. The van der Waals surface area contributed by atoms with Gasteiger partial charge in [0.25, 0.3) is 0 Å². The molecule has 60 heavy (non-hydrogen) atoms. The second kappa shape index (κ2) is 27.4. The van der Waals surface area contributed by atoms with Crippen LogP contribution in [0.2, 0.25) is 0 Å². The van der Waals surface area contributed by atoms with Crippen LogP contribution in [0, 0.1) is 5.92 Å². The maximum Gasteiger partial charge on any atom is 0.326 e. The molecule has 7 amide bonds. The van der Waals surface area contributed by atoms with Gasteiger partial charge in [-0.3, -0.25) is 48.3 Å². The van der Waals surface area contributed by atoms with Crippen LogP contribution in [-0.2, 0) is 43.2 Å². The zero-order valence-electron chi connectivity index (χ0n) is 33.6. The van der Waals surface area contributed by atoms with Crippen LogP contribution in [0.3, 0.4) is 0 Å². The van der Waals surface area contributed by atoms with E-state index in [9.17, 15) is 63.6 Å². The Hall–Kier alpha value is -6.35. The SMILES string of the molecule is CC(C)C[C@H](NC(=O)[C@H](CC(N)=O)NC(=O)[C@H](CC(=O)O)NC(=O)[C@H](CO)NC(=O)[C@@H](N)CCCN=C(N)N)C(=O)N[C@H](C(=O)N[C@@H](CCCN=C(N)N)C(=O)O)[C@@H](C)O. The molecule has 0 radical (unpaired) electrons. The number of primary amides is 1. The Kier molecular flexibility index (Phi) is 24.5. The Morgan fingerprint density at radius 3 is 1.43 bits per heavy atom. The van der Waals surface area contributed by atoms with Gasteiger partial charge in [-0.05, 0) is 44.9 Å². The highest BCUT2D eigenvalue weighted by Gasteiger charge is 2.36. The van der Waals surface area contributed by atoms with Gasteiger partial charge in [0.1, 0.15) is 36.3 Å². The Morgan fingerprint density at radius 2 is 1.00 bits per heavy atom. The normalized spacial score (nSPS) is 14.8. The number of carboxylic acids is 2. The van der Waals surface area contributed by atoms with E-state index in [-0.39, 0.29) is 63.0 Å². The molecule has 340 valence electrons. The lowest BCUT2D eigenvalue weighted by molar-refractivity contribution is -0.143. The van der Waals surface area contributed by atoms with Gasteiger partial charge in [-0.25, -0.2) is 4.79 Å². The molecule has 0 heterocycles. The van der Waals surface area contributed by atoms with Gasteiger partial charge in [-0.15, -0.1) is 0 Å². The molecular weight excluding hydrogens is 800 g/mol. The number of aliphatic imine (C=N–C) groups is 2. The van der Waals surface area contributed by atoms with Crippen LogP contribution in [0.25, 0.3) is 0 Å². The van der Waals surface area contributed by atoms with Crippen LogP contribution in [0.5, 0.6) is 0 Å². The summed E-state index contributed by atoms with van der Waals surface area (Å²) in [6.45, 7) is 3.60. The molecule has 0 aliphatic carbocycles. The number of hydrogen-bond donors (Lipinski definition) is 16. The molecule has 0 aromatic carbocycles. The Labute approximate surface area is 344 Å². The van der Waals surface area contributed by atoms with Gasteiger partial charge in [0.15, 0.2) is 11.9 Å². The summed E-state index contributed by atoms with van der Waals surface area (Å²) in [5.74, 6) is -11.8. The number of aliphatic hydroxyl groups is 2. The van der Waals surface area contributed by atoms with E-state index < -0.39 is 121 Å². The molecule has 0 saturated heterocycles. The molecule has 0 aliphatic rings. The molecule has 0 fully saturated rings. The summed E-state index contributed by atoms with van der Waals surface area (Å²) < 4.78 is 0. The summed E-state index contributed by atoms with van der Waals surface area (Å²) in [4.78, 5) is 122. The number of nitrogens with zero attached hydrogens (tertiary/aromatic N) is 2. The quantitative estimate of drug-likeness (QED) is 0.0189. The van der Waals surface area contributed by atoms with Crippen LogP contribution < -0.4 is 66.3 Å². The van der Waals surface area contributed by atoms with E-state index in [0.717, 1.165) is 6.92 Å². The highest BCUT2D eigenvalue weighted by Crippen LogP contribution is 2.09. The van der Waals surface area contributed by atoms with E-state index in [1.54, 1.807) is 13.8 Å². The molecule has 0 aliphatic heterocycles. The lowest BCUT2D eigenvalue weighted by atomic mass is 10.0. The van der Waals surface area contributed by atoms with Gasteiger partial charge in [0.05, 0.1) is 31.6 Å². The van der Waals surface area contributed by atoms with Crippen LogP contribution >= 0.6 is 0 Å². The summed E-state index contributed by atoms with van der Waals surface area (Å²) in [5.41, 5.74) is 32.1. The maximum absolute atomic E-state index is 13.5. The van der Waals surface area contributed by atoms with E-state index in [0.29, 0.717) is 0 Å². The number of nitrogens with one attached hydrogen (secondary N) is 6. The predicted molar refractivity (Wildman–Crippen MR) is 211 cm³/mol. The third-order valence-corrected chi connectivity index (χ3v) is 8.13. The largest absolute Gasteiger partial charge is 0.481 e.